The molecule has 1 rings (SSSR count). The van der Waals surface area contributed by atoms with Crippen molar-refractivity contribution in [2.24, 2.45) is 0 Å². The van der Waals surface area contributed by atoms with E-state index in [1.807, 2.05) is 0 Å². The predicted molar refractivity (Wildman–Crippen MR) is 52.5 cm³/mol. The van der Waals surface area contributed by atoms with Crippen LogP contribution in [0.5, 0.6) is 0 Å². The Kier molecular flexibility index (Phi) is 4.06. The van der Waals surface area contributed by atoms with Crippen molar-refractivity contribution in [3.63, 3.8) is 0 Å². The third-order valence-corrected chi connectivity index (χ3v) is 2.30. The smallest absolute Gasteiger partial charge is 0.379 e. The Balaban J connectivity index is 2.69. The number of aliphatic hydroxyl groups is 1. The normalized spacial score (nSPS) is 25.6. The fourth-order valence-corrected chi connectivity index (χ4v) is 1.45. The molecular formula is C10H16F2O5. The highest BCUT2D eigenvalue weighted by atomic mass is 19.3. The van der Waals surface area contributed by atoms with Gasteiger partial charge in [0.05, 0.1) is 13.2 Å². The summed E-state index contributed by atoms with van der Waals surface area (Å²) in [7, 11) is 0. The second-order valence-electron chi connectivity index (χ2n) is 4.16. The van der Waals surface area contributed by atoms with Gasteiger partial charge in [-0.3, -0.25) is 0 Å². The Morgan fingerprint density at radius 2 is 2.24 bits per heavy atom. The maximum Gasteiger partial charge on any atom is 0.379 e. The van der Waals surface area contributed by atoms with E-state index >= 15 is 0 Å². The maximum atomic E-state index is 13.4. The number of aliphatic hydroxyl groups excluding tert-OH is 1. The van der Waals surface area contributed by atoms with E-state index in [1.165, 1.54) is 20.8 Å². The molecule has 5 nitrogen and oxygen atoms in total. The summed E-state index contributed by atoms with van der Waals surface area (Å²) in [6.07, 6.45) is -3.55. The van der Waals surface area contributed by atoms with Gasteiger partial charge in [0.25, 0.3) is 0 Å². The van der Waals surface area contributed by atoms with E-state index in [0.29, 0.717) is 0 Å². The van der Waals surface area contributed by atoms with Crippen LogP contribution in [0, 0.1) is 0 Å². The fourth-order valence-electron chi connectivity index (χ4n) is 1.45. The second-order valence-corrected chi connectivity index (χ2v) is 4.16. The summed E-state index contributed by atoms with van der Waals surface area (Å²) in [5.74, 6) is -6.82. The summed E-state index contributed by atoms with van der Waals surface area (Å²) in [4.78, 5) is 11.0. The Labute approximate surface area is 97.6 Å². The topological polar surface area (TPSA) is 65.0 Å². The quantitative estimate of drug-likeness (QED) is 0.748. The first-order chi connectivity index (χ1) is 7.70. The highest BCUT2D eigenvalue weighted by Gasteiger charge is 2.54. The zero-order chi connectivity index (χ0) is 13.3. The van der Waals surface area contributed by atoms with Gasteiger partial charge in [-0.05, 0) is 20.8 Å². The molecule has 0 aromatic heterocycles. The summed E-state index contributed by atoms with van der Waals surface area (Å²) in [6.45, 7) is 4.07. The average Bonchev–Trinajstić information content (AvgIpc) is 2.58. The van der Waals surface area contributed by atoms with Crippen LogP contribution >= 0.6 is 0 Å². The Morgan fingerprint density at radius 3 is 2.65 bits per heavy atom. The Hall–Kier alpha value is -0.790. The molecule has 1 saturated heterocycles. The van der Waals surface area contributed by atoms with Gasteiger partial charge in [-0.25, -0.2) is 4.79 Å². The van der Waals surface area contributed by atoms with Crippen LogP contribution in [0.4, 0.5) is 8.78 Å². The Bertz CT molecular complexity index is 292. The second kappa shape index (κ2) is 4.83. The lowest BCUT2D eigenvalue weighted by Gasteiger charge is -2.25. The molecule has 0 aromatic rings. The molecule has 1 fully saturated rings. The van der Waals surface area contributed by atoms with Crippen molar-refractivity contribution >= 4 is 5.97 Å². The summed E-state index contributed by atoms with van der Waals surface area (Å²) < 4.78 is 41.2. The number of rotatable bonds is 4. The van der Waals surface area contributed by atoms with Crippen molar-refractivity contribution in [3.8, 4) is 0 Å². The monoisotopic (exact) mass is 254 g/mol. The minimum Gasteiger partial charge on any atom is -0.461 e. The molecule has 0 aromatic carbocycles. The van der Waals surface area contributed by atoms with Crippen molar-refractivity contribution < 1.29 is 32.9 Å². The first kappa shape index (κ1) is 14.3. The maximum absolute atomic E-state index is 13.4. The molecule has 17 heavy (non-hydrogen) atoms. The van der Waals surface area contributed by atoms with Gasteiger partial charge >= 0.3 is 11.9 Å². The third kappa shape index (κ3) is 3.11. The number of esters is 1. The van der Waals surface area contributed by atoms with E-state index < -0.39 is 29.9 Å². The molecule has 0 spiro atoms. The number of hydrogen-bond acceptors (Lipinski definition) is 5. The van der Waals surface area contributed by atoms with Crippen molar-refractivity contribution in [3.05, 3.63) is 0 Å². The van der Waals surface area contributed by atoms with Crippen LogP contribution in [-0.2, 0) is 19.0 Å². The number of halogens is 2. The van der Waals surface area contributed by atoms with Gasteiger partial charge in [0.15, 0.2) is 11.9 Å². The summed E-state index contributed by atoms with van der Waals surface area (Å²) in [6, 6.07) is 0. The molecule has 2 unspecified atom stereocenters. The molecule has 0 aliphatic carbocycles. The fraction of sp³-hybridized carbons (Fsp3) is 0.900. The largest absolute Gasteiger partial charge is 0.461 e. The van der Waals surface area contributed by atoms with E-state index in [9.17, 15) is 18.7 Å². The molecule has 2 atom stereocenters. The van der Waals surface area contributed by atoms with Crippen LogP contribution in [0.1, 0.15) is 20.8 Å². The Morgan fingerprint density at radius 1 is 1.65 bits per heavy atom. The van der Waals surface area contributed by atoms with Crippen LogP contribution < -0.4 is 0 Å². The number of carbonyl (C=O) groups excluding carboxylic acids is 1. The number of hydrogen-bond donors (Lipinski definition) is 1. The van der Waals surface area contributed by atoms with E-state index in [2.05, 4.69) is 4.74 Å². The minimum absolute atomic E-state index is 0.186. The van der Waals surface area contributed by atoms with Crippen molar-refractivity contribution in [2.45, 2.75) is 44.7 Å². The van der Waals surface area contributed by atoms with Crippen molar-refractivity contribution in [1.29, 1.82) is 0 Å². The molecule has 1 aliphatic heterocycles. The average molecular weight is 254 g/mol. The van der Waals surface area contributed by atoms with Gasteiger partial charge in [0, 0.05) is 0 Å². The number of carbonyl (C=O) groups is 1. The lowest BCUT2D eigenvalue weighted by atomic mass is 10.1. The van der Waals surface area contributed by atoms with Gasteiger partial charge in [0.1, 0.15) is 6.10 Å². The van der Waals surface area contributed by atoms with Crippen molar-refractivity contribution in [1.82, 2.24) is 0 Å². The van der Waals surface area contributed by atoms with Gasteiger partial charge in [-0.15, -0.1) is 0 Å². The highest BCUT2D eigenvalue weighted by molar-refractivity contribution is 5.78. The number of alkyl halides is 2. The van der Waals surface area contributed by atoms with E-state index in [4.69, 9.17) is 9.47 Å². The molecule has 0 saturated carbocycles. The molecule has 7 heteroatoms. The molecule has 100 valence electrons. The molecule has 1 N–H and O–H groups in total. The third-order valence-electron chi connectivity index (χ3n) is 2.30. The van der Waals surface area contributed by atoms with Gasteiger partial charge in [-0.1, -0.05) is 0 Å². The van der Waals surface area contributed by atoms with Crippen LogP contribution in [0.2, 0.25) is 0 Å². The molecular weight excluding hydrogens is 238 g/mol. The number of ether oxygens (including phenoxy) is 3. The van der Waals surface area contributed by atoms with Crippen LogP contribution in [0.15, 0.2) is 0 Å². The van der Waals surface area contributed by atoms with Crippen molar-refractivity contribution in [2.75, 3.05) is 13.2 Å². The van der Waals surface area contributed by atoms with Gasteiger partial charge < -0.3 is 19.3 Å². The standard InChI is InChI=1S/C10H16F2O5/c1-4-15-8(14)10(11,12)7(13)6-5-16-9(2,3)17-6/h6-7,13H,4-5H2,1-3H3. The SMILES string of the molecule is CCOC(=O)C(F)(F)C(O)C1COC(C)(C)O1. The van der Waals surface area contributed by atoms with Crippen LogP contribution in [0.3, 0.4) is 0 Å². The van der Waals surface area contributed by atoms with Gasteiger partial charge in [-0.2, -0.15) is 8.78 Å². The molecule has 0 amide bonds. The zero-order valence-corrected chi connectivity index (χ0v) is 9.91. The highest BCUT2D eigenvalue weighted by Crippen LogP contribution is 2.31. The first-order valence-corrected chi connectivity index (χ1v) is 5.25. The minimum atomic E-state index is -4.01. The van der Waals surface area contributed by atoms with Crippen LogP contribution in [-0.4, -0.2) is 48.2 Å². The van der Waals surface area contributed by atoms with E-state index in [-0.39, 0.29) is 13.2 Å². The molecule has 1 aliphatic rings. The van der Waals surface area contributed by atoms with E-state index in [0.717, 1.165) is 0 Å². The summed E-state index contributed by atoms with van der Waals surface area (Å²) >= 11 is 0. The molecule has 0 bridgehead atoms. The lowest BCUT2D eigenvalue weighted by Crippen LogP contribution is -2.50. The molecule has 1 heterocycles. The predicted octanol–water partition coefficient (Wildman–Crippen LogP) is 0.697. The van der Waals surface area contributed by atoms with Crippen LogP contribution in [0.25, 0.3) is 0 Å². The van der Waals surface area contributed by atoms with E-state index in [1.54, 1.807) is 0 Å². The lowest BCUT2D eigenvalue weighted by molar-refractivity contribution is -0.210. The zero-order valence-electron chi connectivity index (χ0n) is 9.91. The summed E-state index contributed by atoms with van der Waals surface area (Å²) in [5, 5.41) is 9.45. The van der Waals surface area contributed by atoms with Gasteiger partial charge in [0.2, 0.25) is 0 Å². The molecule has 0 radical (unpaired) electrons. The summed E-state index contributed by atoms with van der Waals surface area (Å²) in [5.41, 5.74) is 0. The first-order valence-electron chi connectivity index (χ1n) is 5.25.